The molecule has 7 heteroatoms. The van der Waals surface area contributed by atoms with Crippen LogP contribution in [0.5, 0.6) is 0 Å². The first-order valence-electron chi connectivity index (χ1n) is 10.7. The van der Waals surface area contributed by atoms with E-state index in [2.05, 4.69) is 10.6 Å². The average Bonchev–Trinajstić information content (AvgIpc) is 2.64. The highest BCUT2D eigenvalue weighted by Gasteiger charge is 2.25. The van der Waals surface area contributed by atoms with Gasteiger partial charge in [-0.3, -0.25) is 9.59 Å². The Hall–Kier alpha value is -1.79. The number of rotatable bonds is 6. The molecular weight excluding hydrogens is 358 g/mol. The molecule has 0 unspecified atom stereocenters. The fourth-order valence-electron chi connectivity index (χ4n) is 3.94. The minimum atomic E-state index is -0.590. The summed E-state index contributed by atoms with van der Waals surface area (Å²) < 4.78 is 5.10. The largest absolute Gasteiger partial charge is 0.444 e. The second-order valence-electron chi connectivity index (χ2n) is 9.19. The van der Waals surface area contributed by atoms with Gasteiger partial charge in [0.05, 0.1) is 6.54 Å². The maximum absolute atomic E-state index is 12.5. The van der Waals surface area contributed by atoms with Crippen LogP contribution in [0, 0.1) is 11.8 Å². The molecule has 2 rings (SSSR count). The molecule has 1 saturated heterocycles. The van der Waals surface area contributed by atoms with Gasteiger partial charge in [0.1, 0.15) is 5.60 Å². The van der Waals surface area contributed by atoms with Crippen molar-refractivity contribution >= 4 is 17.9 Å². The first-order valence-corrected chi connectivity index (χ1v) is 10.7. The zero-order chi connectivity index (χ0) is 20.6. The molecule has 0 aromatic carbocycles. The Morgan fingerprint density at radius 2 is 1.57 bits per heavy atom. The number of carbonyl (C=O) groups excluding carboxylic acids is 3. The van der Waals surface area contributed by atoms with Crippen molar-refractivity contribution in [1.82, 2.24) is 15.5 Å². The third-order valence-corrected chi connectivity index (χ3v) is 5.54. The van der Waals surface area contributed by atoms with E-state index >= 15 is 0 Å². The molecule has 1 aliphatic heterocycles. The van der Waals surface area contributed by atoms with Crippen molar-refractivity contribution in [3.8, 4) is 0 Å². The highest BCUT2D eigenvalue weighted by atomic mass is 16.6. The summed E-state index contributed by atoms with van der Waals surface area (Å²) >= 11 is 0. The van der Waals surface area contributed by atoms with Gasteiger partial charge < -0.3 is 20.3 Å². The SMILES string of the molecule is CC(C)(C)OC(=O)NCC(=O)NCC1CCN(C(=O)CC2CCCCC2)CC1. The molecule has 0 spiro atoms. The van der Waals surface area contributed by atoms with Crippen LogP contribution >= 0.6 is 0 Å². The molecule has 160 valence electrons. The second-order valence-corrected chi connectivity index (χ2v) is 9.19. The summed E-state index contributed by atoms with van der Waals surface area (Å²) in [6, 6.07) is 0. The Labute approximate surface area is 168 Å². The summed E-state index contributed by atoms with van der Waals surface area (Å²) in [6.07, 6.45) is 8.19. The fraction of sp³-hybridized carbons (Fsp3) is 0.857. The molecule has 0 aromatic heterocycles. The van der Waals surface area contributed by atoms with Gasteiger partial charge in [-0.2, -0.15) is 0 Å². The van der Waals surface area contributed by atoms with Crippen LogP contribution in [0.2, 0.25) is 0 Å². The fourth-order valence-corrected chi connectivity index (χ4v) is 3.94. The van der Waals surface area contributed by atoms with E-state index in [4.69, 9.17) is 4.74 Å². The van der Waals surface area contributed by atoms with E-state index in [-0.39, 0.29) is 12.5 Å². The van der Waals surface area contributed by atoms with Gasteiger partial charge in [-0.25, -0.2) is 4.79 Å². The van der Waals surface area contributed by atoms with E-state index < -0.39 is 11.7 Å². The van der Waals surface area contributed by atoms with E-state index in [1.165, 1.54) is 32.1 Å². The molecule has 0 bridgehead atoms. The Morgan fingerprint density at radius 1 is 0.929 bits per heavy atom. The molecule has 0 aromatic rings. The lowest BCUT2D eigenvalue weighted by Gasteiger charge is -2.33. The molecule has 1 saturated carbocycles. The highest BCUT2D eigenvalue weighted by Crippen LogP contribution is 2.27. The van der Waals surface area contributed by atoms with Gasteiger partial charge in [0, 0.05) is 26.1 Å². The first-order chi connectivity index (χ1) is 13.2. The standard InChI is InChI=1S/C21H37N3O4/c1-21(2,3)28-20(27)23-15-18(25)22-14-17-9-11-24(12-10-17)19(26)13-16-7-5-4-6-8-16/h16-17H,4-15H2,1-3H3,(H,22,25)(H,23,27). The van der Waals surface area contributed by atoms with Gasteiger partial charge in [-0.1, -0.05) is 19.3 Å². The molecule has 1 aliphatic carbocycles. The number of nitrogens with one attached hydrogen (secondary N) is 2. The number of carbonyl (C=O) groups is 3. The second kappa shape index (κ2) is 10.7. The smallest absolute Gasteiger partial charge is 0.408 e. The molecule has 7 nitrogen and oxygen atoms in total. The zero-order valence-corrected chi connectivity index (χ0v) is 17.7. The number of ether oxygens (including phenoxy) is 1. The third kappa shape index (κ3) is 8.48. The van der Waals surface area contributed by atoms with Crippen molar-refractivity contribution in [2.75, 3.05) is 26.2 Å². The highest BCUT2D eigenvalue weighted by molar-refractivity contribution is 5.82. The van der Waals surface area contributed by atoms with Crippen molar-refractivity contribution in [3.63, 3.8) is 0 Å². The lowest BCUT2D eigenvalue weighted by Crippen LogP contribution is -2.44. The zero-order valence-electron chi connectivity index (χ0n) is 17.7. The molecular formula is C21H37N3O4. The predicted octanol–water partition coefficient (Wildman–Crippen LogP) is 2.84. The summed E-state index contributed by atoms with van der Waals surface area (Å²) in [7, 11) is 0. The quantitative estimate of drug-likeness (QED) is 0.724. The topological polar surface area (TPSA) is 87.7 Å². The van der Waals surface area contributed by atoms with Gasteiger partial charge in [0.15, 0.2) is 0 Å². The van der Waals surface area contributed by atoms with Crippen LogP contribution in [-0.4, -0.2) is 54.6 Å². The van der Waals surface area contributed by atoms with E-state index in [1.807, 2.05) is 4.90 Å². The minimum Gasteiger partial charge on any atom is -0.444 e. The van der Waals surface area contributed by atoms with Crippen LogP contribution in [0.25, 0.3) is 0 Å². The number of likely N-dealkylation sites (tertiary alicyclic amines) is 1. The molecule has 1 heterocycles. The Bertz CT molecular complexity index is 530. The molecule has 2 N–H and O–H groups in total. The molecule has 28 heavy (non-hydrogen) atoms. The summed E-state index contributed by atoms with van der Waals surface area (Å²) in [5.74, 6) is 1.04. The van der Waals surface area contributed by atoms with Crippen LogP contribution in [0.4, 0.5) is 4.79 Å². The van der Waals surface area contributed by atoms with E-state index in [0.717, 1.165) is 25.9 Å². The number of hydrogen-bond donors (Lipinski definition) is 2. The predicted molar refractivity (Wildman–Crippen MR) is 108 cm³/mol. The summed E-state index contributed by atoms with van der Waals surface area (Å²) in [4.78, 5) is 38.0. The van der Waals surface area contributed by atoms with Crippen molar-refractivity contribution in [1.29, 1.82) is 0 Å². The van der Waals surface area contributed by atoms with Crippen LogP contribution in [0.1, 0.15) is 72.1 Å². The Kier molecular flexibility index (Phi) is 8.58. The molecule has 2 fully saturated rings. The monoisotopic (exact) mass is 395 g/mol. The van der Waals surface area contributed by atoms with Crippen LogP contribution < -0.4 is 10.6 Å². The van der Waals surface area contributed by atoms with Gasteiger partial charge >= 0.3 is 6.09 Å². The molecule has 0 atom stereocenters. The van der Waals surface area contributed by atoms with E-state index in [1.54, 1.807) is 20.8 Å². The van der Waals surface area contributed by atoms with E-state index in [9.17, 15) is 14.4 Å². The summed E-state index contributed by atoms with van der Waals surface area (Å²) in [5, 5.41) is 5.33. The average molecular weight is 396 g/mol. The maximum atomic E-state index is 12.5. The lowest BCUT2D eigenvalue weighted by molar-refractivity contribution is -0.134. The van der Waals surface area contributed by atoms with Crippen LogP contribution in [0.3, 0.4) is 0 Å². The van der Waals surface area contributed by atoms with Gasteiger partial charge in [0.25, 0.3) is 0 Å². The van der Waals surface area contributed by atoms with Crippen molar-refractivity contribution < 1.29 is 19.1 Å². The summed E-state index contributed by atoms with van der Waals surface area (Å²) in [6.45, 7) is 7.38. The number of hydrogen-bond acceptors (Lipinski definition) is 4. The number of nitrogens with zero attached hydrogens (tertiary/aromatic N) is 1. The van der Waals surface area contributed by atoms with Crippen molar-refractivity contribution in [2.24, 2.45) is 11.8 Å². The number of amides is 3. The Balaban J connectivity index is 1.58. The normalized spacial score (nSPS) is 19.2. The minimum absolute atomic E-state index is 0.0897. The molecule has 0 radical (unpaired) electrons. The molecule has 2 aliphatic rings. The lowest BCUT2D eigenvalue weighted by atomic mass is 9.86. The van der Waals surface area contributed by atoms with Gasteiger partial charge in [-0.15, -0.1) is 0 Å². The Morgan fingerprint density at radius 3 is 2.18 bits per heavy atom. The van der Waals surface area contributed by atoms with Crippen molar-refractivity contribution in [2.45, 2.75) is 77.7 Å². The maximum Gasteiger partial charge on any atom is 0.408 e. The van der Waals surface area contributed by atoms with Gasteiger partial charge in [-0.05, 0) is 58.3 Å². The summed E-state index contributed by atoms with van der Waals surface area (Å²) in [5.41, 5.74) is -0.580. The van der Waals surface area contributed by atoms with Gasteiger partial charge in [0.2, 0.25) is 11.8 Å². The van der Waals surface area contributed by atoms with Crippen LogP contribution in [0.15, 0.2) is 0 Å². The van der Waals surface area contributed by atoms with Crippen LogP contribution in [-0.2, 0) is 14.3 Å². The molecule has 3 amide bonds. The number of piperidine rings is 1. The van der Waals surface area contributed by atoms with E-state index in [0.29, 0.717) is 30.7 Å². The first kappa shape index (κ1) is 22.5. The third-order valence-electron chi connectivity index (χ3n) is 5.54. The van der Waals surface area contributed by atoms with Crippen molar-refractivity contribution in [3.05, 3.63) is 0 Å². The number of alkyl carbamates (subject to hydrolysis) is 1.